The summed E-state index contributed by atoms with van der Waals surface area (Å²) < 4.78 is 4.71. The number of ketones is 1. The van der Waals surface area contributed by atoms with Crippen LogP contribution in [0.25, 0.3) is 0 Å². The van der Waals surface area contributed by atoms with Gasteiger partial charge in [0, 0.05) is 17.1 Å². The molecule has 0 radical (unpaired) electrons. The highest BCUT2D eigenvalue weighted by Gasteiger charge is 2.19. The molecule has 114 valence electrons. The second-order valence-electron chi connectivity index (χ2n) is 5.19. The van der Waals surface area contributed by atoms with Crippen molar-refractivity contribution in [2.45, 2.75) is 32.7 Å². The van der Waals surface area contributed by atoms with Crippen molar-refractivity contribution < 1.29 is 14.3 Å². The monoisotopic (exact) mass is 309 g/mol. The Balaban J connectivity index is 2.06. The molecule has 0 spiro atoms. The van der Waals surface area contributed by atoms with E-state index in [0.29, 0.717) is 5.02 Å². The van der Waals surface area contributed by atoms with Gasteiger partial charge in [0.1, 0.15) is 0 Å². The van der Waals surface area contributed by atoms with E-state index in [2.05, 4.69) is 4.90 Å². The zero-order valence-corrected chi connectivity index (χ0v) is 13.0. The number of carbonyl (C=O) groups is 2. The minimum atomic E-state index is -0.836. The molecule has 1 saturated heterocycles. The van der Waals surface area contributed by atoms with E-state index in [1.54, 1.807) is 19.1 Å². The van der Waals surface area contributed by atoms with Crippen LogP contribution < -0.4 is 0 Å². The lowest BCUT2D eigenvalue weighted by Crippen LogP contribution is -2.29. The first kappa shape index (κ1) is 16.0. The van der Waals surface area contributed by atoms with Crippen LogP contribution in [0.15, 0.2) is 18.2 Å². The number of carbonyl (C=O) groups excluding carboxylic acids is 2. The third-order valence-electron chi connectivity index (χ3n) is 3.62. The minimum absolute atomic E-state index is 0.186. The van der Waals surface area contributed by atoms with Gasteiger partial charge in [0.2, 0.25) is 0 Å². The van der Waals surface area contributed by atoms with Gasteiger partial charge in [-0.1, -0.05) is 30.2 Å². The van der Waals surface area contributed by atoms with Crippen LogP contribution >= 0.6 is 11.6 Å². The summed E-state index contributed by atoms with van der Waals surface area (Å²) >= 11 is 6.24. The second kappa shape index (κ2) is 7.57. The molecule has 1 aromatic rings. The largest absolute Gasteiger partial charge is 0.460 e. The Hall–Kier alpha value is -1.39. The topological polar surface area (TPSA) is 46.6 Å². The average Bonchev–Trinajstić information content (AvgIpc) is 2.50. The van der Waals surface area contributed by atoms with Gasteiger partial charge in [0.05, 0.1) is 6.61 Å². The van der Waals surface area contributed by atoms with Crippen molar-refractivity contribution in [3.8, 4) is 0 Å². The summed E-state index contributed by atoms with van der Waals surface area (Å²) in [6.45, 7) is 4.80. The summed E-state index contributed by atoms with van der Waals surface area (Å²) in [4.78, 5) is 25.6. The van der Waals surface area contributed by atoms with Gasteiger partial charge in [-0.25, -0.2) is 4.79 Å². The molecule has 1 aliphatic rings. The number of esters is 1. The fourth-order valence-corrected chi connectivity index (χ4v) is 2.73. The van der Waals surface area contributed by atoms with Crippen molar-refractivity contribution >= 4 is 23.4 Å². The lowest BCUT2D eigenvalue weighted by Gasteiger charge is -2.26. The molecule has 0 unspecified atom stereocenters. The molecule has 1 heterocycles. The van der Waals surface area contributed by atoms with E-state index in [9.17, 15) is 9.59 Å². The molecular formula is C16H20ClNO3. The van der Waals surface area contributed by atoms with Crippen LogP contribution in [0.1, 0.15) is 42.1 Å². The van der Waals surface area contributed by atoms with E-state index in [0.717, 1.165) is 25.2 Å². The first-order chi connectivity index (χ1) is 10.1. The fraction of sp³-hybridized carbons (Fsp3) is 0.500. The number of rotatable bonds is 5. The van der Waals surface area contributed by atoms with Crippen LogP contribution in [-0.4, -0.2) is 36.3 Å². The molecule has 21 heavy (non-hydrogen) atoms. The van der Waals surface area contributed by atoms with Gasteiger partial charge in [-0.15, -0.1) is 0 Å². The Labute approximate surface area is 130 Å². The SMILES string of the molecule is CCOC(=O)C(=O)c1ccc(CN2CCCCC2)c(Cl)c1. The molecular weight excluding hydrogens is 290 g/mol. The lowest BCUT2D eigenvalue weighted by atomic mass is 10.1. The third-order valence-corrected chi connectivity index (χ3v) is 3.97. The molecule has 1 aromatic carbocycles. The van der Waals surface area contributed by atoms with Crippen molar-refractivity contribution in [2.75, 3.05) is 19.7 Å². The van der Waals surface area contributed by atoms with Crippen LogP contribution in [0.3, 0.4) is 0 Å². The van der Waals surface area contributed by atoms with Gasteiger partial charge in [-0.05, 0) is 44.5 Å². The van der Waals surface area contributed by atoms with Crippen LogP contribution in [0.2, 0.25) is 5.02 Å². The summed E-state index contributed by atoms with van der Waals surface area (Å²) in [5.74, 6) is -1.49. The summed E-state index contributed by atoms with van der Waals surface area (Å²) in [6.07, 6.45) is 3.73. The molecule has 1 fully saturated rings. The zero-order valence-electron chi connectivity index (χ0n) is 12.2. The molecule has 2 rings (SSSR count). The zero-order chi connectivity index (χ0) is 15.2. The predicted octanol–water partition coefficient (Wildman–Crippen LogP) is 3.07. The van der Waals surface area contributed by atoms with Crippen molar-refractivity contribution in [3.05, 3.63) is 34.3 Å². The molecule has 0 aromatic heterocycles. The van der Waals surface area contributed by atoms with Gasteiger partial charge in [0.25, 0.3) is 5.78 Å². The van der Waals surface area contributed by atoms with E-state index in [1.165, 1.54) is 19.3 Å². The van der Waals surface area contributed by atoms with Gasteiger partial charge in [0.15, 0.2) is 0 Å². The van der Waals surface area contributed by atoms with Gasteiger partial charge in [-0.3, -0.25) is 9.69 Å². The number of hydrogen-bond acceptors (Lipinski definition) is 4. The smallest absolute Gasteiger partial charge is 0.379 e. The molecule has 0 saturated carbocycles. The van der Waals surface area contributed by atoms with Crippen LogP contribution in [0, 0.1) is 0 Å². The maximum absolute atomic E-state index is 11.8. The quantitative estimate of drug-likeness (QED) is 0.476. The van der Waals surface area contributed by atoms with E-state index in [1.807, 2.05) is 6.07 Å². The van der Waals surface area contributed by atoms with Crippen LogP contribution in [0.4, 0.5) is 0 Å². The van der Waals surface area contributed by atoms with Crippen molar-refractivity contribution in [1.82, 2.24) is 4.90 Å². The van der Waals surface area contributed by atoms with Crippen molar-refractivity contribution in [3.63, 3.8) is 0 Å². The molecule has 0 bridgehead atoms. The first-order valence-corrected chi connectivity index (χ1v) is 7.72. The Kier molecular flexibility index (Phi) is 5.76. The molecule has 5 heteroatoms. The third kappa shape index (κ3) is 4.29. The molecule has 0 aliphatic carbocycles. The van der Waals surface area contributed by atoms with Gasteiger partial charge >= 0.3 is 5.97 Å². The van der Waals surface area contributed by atoms with E-state index in [-0.39, 0.29) is 12.2 Å². The first-order valence-electron chi connectivity index (χ1n) is 7.34. The summed E-state index contributed by atoms with van der Waals surface area (Å²) in [6, 6.07) is 5.02. The number of benzene rings is 1. The predicted molar refractivity (Wildman–Crippen MR) is 81.5 cm³/mol. The number of Topliss-reactive ketones (excluding diaryl/α,β-unsaturated/α-hetero) is 1. The summed E-state index contributed by atoms with van der Waals surface area (Å²) in [5, 5.41) is 0.524. The molecule has 0 amide bonds. The number of piperidine rings is 1. The molecule has 4 nitrogen and oxygen atoms in total. The van der Waals surface area contributed by atoms with E-state index < -0.39 is 11.8 Å². The minimum Gasteiger partial charge on any atom is -0.460 e. The van der Waals surface area contributed by atoms with Crippen LogP contribution in [-0.2, 0) is 16.1 Å². The highest BCUT2D eigenvalue weighted by Crippen LogP contribution is 2.22. The Bertz CT molecular complexity index is 524. The molecule has 1 aliphatic heterocycles. The number of nitrogens with zero attached hydrogens (tertiary/aromatic N) is 1. The highest BCUT2D eigenvalue weighted by molar-refractivity contribution is 6.41. The van der Waals surface area contributed by atoms with Gasteiger partial charge in [-0.2, -0.15) is 0 Å². The lowest BCUT2D eigenvalue weighted by molar-refractivity contribution is -0.137. The van der Waals surface area contributed by atoms with E-state index >= 15 is 0 Å². The maximum atomic E-state index is 11.8. The summed E-state index contributed by atoms with van der Waals surface area (Å²) in [5.41, 5.74) is 1.26. The molecule has 0 atom stereocenters. The number of hydrogen-bond donors (Lipinski definition) is 0. The average molecular weight is 310 g/mol. The summed E-state index contributed by atoms with van der Waals surface area (Å²) in [7, 11) is 0. The number of likely N-dealkylation sites (tertiary alicyclic amines) is 1. The standard InChI is InChI=1S/C16H20ClNO3/c1-2-21-16(20)15(19)12-6-7-13(14(17)10-12)11-18-8-4-3-5-9-18/h6-7,10H,2-5,8-9,11H2,1H3. The Morgan fingerprint density at radius 2 is 1.95 bits per heavy atom. The van der Waals surface area contributed by atoms with Crippen molar-refractivity contribution in [2.24, 2.45) is 0 Å². The van der Waals surface area contributed by atoms with Crippen LogP contribution in [0.5, 0.6) is 0 Å². The fourth-order valence-electron chi connectivity index (χ4n) is 2.49. The Morgan fingerprint density at radius 3 is 2.57 bits per heavy atom. The number of ether oxygens (including phenoxy) is 1. The Morgan fingerprint density at radius 1 is 1.24 bits per heavy atom. The normalized spacial score (nSPS) is 15.7. The van der Waals surface area contributed by atoms with Crippen molar-refractivity contribution in [1.29, 1.82) is 0 Å². The second-order valence-corrected chi connectivity index (χ2v) is 5.60. The highest BCUT2D eigenvalue weighted by atomic mass is 35.5. The van der Waals surface area contributed by atoms with E-state index in [4.69, 9.17) is 16.3 Å². The van der Waals surface area contributed by atoms with Gasteiger partial charge < -0.3 is 4.74 Å². The molecule has 0 N–H and O–H groups in total. The maximum Gasteiger partial charge on any atom is 0.379 e. The number of halogens is 1.